The summed E-state index contributed by atoms with van der Waals surface area (Å²) in [4.78, 5) is 36.9. The molecule has 23 heavy (non-hydrogen) atoms. The SMILES string of the molecule is CN(C(=O)CCc1nc2ccccc2[nH]c1=O)c1cccnc1. The van der Waals surface area contributed by atoms with E-state index < -0.39 is 0 Å². The monoisotopic (exact) mass is 308 g/mol. The van der Waals surface area contributed by atoms with E-state index in [0.717, 1.165) is 11.2 Å². The molecule has 1 amide bonds. The highest BCUT2D eigenvalue weighted by Gasteiger charge is 2.13. The zero-order valence-electron chi connectivity index (χ0n) is 12.7. The number of carbonyl (C=O) groups excluding carboxylic acids is 1. The number of para-hydroxylation sites is 2. The molecule has 0 atom stereocenters. The van der Waals surface area contributed by atoms with Gasteiger partial charge in [0.15, 0.2) is 0 Å². The minimum atomic E-state index is -0.250. The molecule has 1 N–H and O–H groups in total. The summed E-state index contributed by atoms with van der Waals surface area (Å²) in [5.41, 5.74) is 2.25. The van der Waals surface area contributed by atoms with E-state index in [1.807, 2.05) is 24.3 Å². The lowest BCUT2D eigenvalue weighted by atomic mass is 10.2. The number of carbonyl (C=O) groups is 1. The summed E-state index contributed by atoms with van der Waals surface area (Å²) in [5.74, 6) is -0.0904. The quantitative estimate of drug-likeness (QED) is 0.798. The van der Waals surface area contributed by atoms with Crippen LogP contribution in [0.25, 0.3) is 11.0 Å². The largest absolute Gasteiger partial charge is 0.319 e. The van der Waals surface area contributed by atoms with E-state index in [2.05, 4.69) is 15.0 Å². The topological polar surface area (TPSA) is 79.0 Å². The molecule has 2 aromatic heterocycles. The van der Waals surface area contributed by atoms with Crippen LogP contribution in [0.1, 0.15) is 12.1 Å². The summed E-state index contributed by atoms with van der Waals surface area (Å²) in [6, 6.07) is 10.9. The third-order valence-electron chi connectivity index (χ3n) is 3.65. The molecule has 0 unspecified atom stereocenters. The third kappa shape index (κ3) is 3.26. The number of H-pyrrole nitrogens is 1. The first-order valence-electron chi connectivity index (χ1n) is 7.29. The van der Waals surface area contributed by atoms with E-state index in [-0.39, 0.29) is 17.9 Å². The van der Waals surface area contributed by atoms with Crippen molar-refractivity contribution in [3.63, 3.8) is 0 Å². The Bertz CT molecular complexity index is 890. The van der Waals surface area contributed by atoms with Gasteiger partial charge < -0.3 is 9.88 Å². The predicted molar refractivity (Wildman–Crippen MR) is 88.3 cm³/mol. The summed E-state index contributed by atoms with van der Waals surface area (Å²) >= 11 is 0. The number of nitrogens with one attached hydrogen (secondary N) is 1. The fourth-order valence-electron chi connectivity index (χ4n) is 2.33. The number of aromatic nitrogens is 3. The lowest BCUT2D eigenvalue weighted by Gasteiger charge is -2.16. The van der Waals surface area contributed by atoms with E-state index in [1.165, 1.54) is 4.90 Å². The van der Waals surface area contributed by atoms with E-state index in [9.17, 15) is 9.59 Å². The van der Waals surface area contributed by atoms with Crippen LogP contribution in [0.2, 0.25) is 0 Å². The van der Waals surface area contributed by atoms with Gasteiger partial charge >= 0.3 is 0 Å². The van der Waals surface area contributed by atoms with Gasteiger partial charge in [-0.05, 0) is 24.3 Å². The zero-order valence-corrected chi connectivity index (χ0v) is 12.7. The van der Waals surface area contributed by atoms with E-state index in [1.54, 1.807) is 31.6 Å². The van der Waals surface area contributed by atoms with Crippen molar-refractivity contribution in [2.75, 3.05) is 11.9 Å². The molecule has 0 saturated heterocycles. The molecule has 6 heteroatoms. The van der Waals surface area contributed by atoms with Crippen molar-refractivity contribution in [3.8, 4) is 0 Å². The highest BCUT2D eigenvalue weighted by molar-refractivity contribution is 5.92. The first kappa shape index (κ1) is 14.9. The number of pyridine rings is 1. The molecule has 3 aromatic rings. The number of aryl methyl sites for hydroxylation is 1. The Kier molecular flexibility index (Phi) is 4.14. The smallest absolute Gasteiger partial charge is 0.270 e. The Hall–Kier alpha value is -3.02. The van der Waals surface area contributed by atoms with Gasteiger partial charge in [0.05, 0.1) is 22.9 Å². The molecule has 0 aliphatic heterocycles. The summed E-state index contributed by atoms with van der Waals surface area (Å²) in [6.07, 6.45) is 3.78. The summed E-state index contributed by atoms with van der Waals surface area (Å²) < 4.78 is 0. The van der Waals surface area contributed by atoms with Crippen LogP contribution in [-0.2, 0) is 11.2 Å². The third-order valence-corrected chi connectivity index (χ3v) is 3.65. The predicted octanol–water partition coefficient (Wildman–Crippen LogP) is 1.91. The van der Waals surface area contributed by atoms with Gasteiger partial charge in [-0.3, -0.25) is 14.6 Å². The van der Waals surface area contributed by atoms with Gasteiger partial charge in [0.25, 0.3) is 5.56 Å². The number of anilines is 1. The number of amides is 1. The highest BCUT2D eigenvalue weighted by atomic mass is 16.2. The van der Waals surface area contributed by atoms with Gasteiger partial charge in [-0.1, -0.05) is 12.1 Å². The lowest BCUT2D eigenvalue weighted by Crippen LogP contribution is -2.27. The second-order valence-corrected chi connectivity index (χ2v) is 5.19. The molecule has 0 aliphatic carbocycles. The Labute approximate surface area is 132 Å². The Morgan fingerprint density at radius 3 is 2.83 bits per heavy atom. The first-order valence-corrected chi connectivity index (χ1v) is 7.29. The maximum Gasteiger partial charge on any atom is 0.270 e. The van der Waals surface area contributed by atoms with E-state index in [0.29, 0.717) is 17.6 Å². The van der Waals surface area contributed by atoms with Crippen LogP contribution >= 0.6 is 0 Å². The van der Waals surface area contributed by atoms with Crippen LogP contribution in [-0.4, -0.2) is 27.9 Å². The molecule has 0 bridgehead atoms. The maximum absolute atomic E-state index is 12.2. The Balaban J connectivity index is 1.74. The molecule has 0 fully saturated rings. The fourth-order valence-corrected chi connectivity index (χ4v) is 2.33. The number of benzene rings is 1. The number of fused-ring (bicyclic) bond motifs is 1. The zero-order chi connectivity index (χ0) is 16.2. The minimum Gasteiger partial charge on any atom is -0.319 e. The molecule has 6 nitrogen and oxygen atoms in total. The van der Waals surface area contributed by atoms with Gasteiger partial charge in [-0.2, -0.15) is 0 Å². The molecular formula is C17H16N4O2. The van der Waals surface area contributed by atoms with Gasteiger partial charge in [-0.15, -0.1) is 0 Å². The van der Waals surface area contributed by atoms with Gasteiger partial charge in [0.1, 0.15) is 5.69 Å². The number of rotatable bonds is 4. The average molecular weight is 308 g/mol. The van der Waals surface area contributed by atoms with E-state index in [4.69, 9.17) is 0 Å². The summed E-state index contributed by atoms with van der Waals surface area (Å²) in [7, 11) is 1.69. The number of nitrogens with zero attached hydrogens (tertiary/aromatic N) is 3. The maximum atomic E-state index is 12.2. The van der Waals surface area contributed by atoms with Crippen LogP contribution in [0.15, 0.2) is 53.6 Å². The van der Waals surface area contributed by atoms with Crippen LogP contribution in [0, 0.1) is 0 Å². The number of hydrogen-bond donors (Lipinski definition) is 1. The van der Waals surface area contributed by atoms with Crippen LogP contribution in [0.4, 0.5) is 5.69 Å². The van der Waals surface area contributed by atoms with Crippen molar-refractivity contribution in [2.24, 2.45) is 0 Å². The van der Waals surface area contributed by atoms with Crippen molar-refractivity contribution in [1.82, 2.24) is 15.0 Å². The lowest BCUT2D eigenvalue weighted by molar-refractivity contribution is -0.118. The van der Waals surface area contributed by atoms with Gasteiger partial charge in [0.2, 0.25) is 5.91 Å². The molecule has 1 aromatic carbocycles. The molecule has 0 aliphatic rings. The average Bonchev–Trinajstić information content (AvgIpc) is 2.59. The fraction of sp³-hybridized carbons (Fsp3) is 0.176. The van der Waals surface area contributed by atoms with Crippen molar-refractivity contribution in [2.45, 2.75) is 12.8 Å². The van der Waals surface area contributed by atoms with Gasteiger partial charge in [-0.25, -0.2) is 4.98 Å². The second kappa shape index (κ2) is 6.39. The molecule has 0 radical (unpaired) electrons. The van der Waals surface area contributed by atoms with Crippen LogP contribution in [0.3, 0.4) is 0 Å². The summed E-state index contributed by atoms with van der Waals surface area (Å²) in [5, 5.41) is 0. The Morgan fingerprint density at radius 2 is 2.04 bits per heavy atom. The van der Waals surface area contributed by atoms with Crippen molar-refractivity contribution in [1.29, 1.82) is 0 Å². The van der Waals surface area contributed by atoms with Crippen LogP contribution < -0.4 is 10.5 Å². The minimum absolute atomic E-state index is 0.0904. The normalized spacial score (nSPS) is 10.7. The first-order chi connectivity index (χ1) is 11.1. The molecule has 0 spiro atoms. The standard InChI is InChI=1S/C17H16N4O2/c1-21(12-5-4-10-18-11-12)16(22)9-8-15-17(23)20-14-7-3-2-6-13(14)19-15/h2-7,10-11H,8-9H2,1H3,(H,20,23). The number of aromatic amines is 1. The molecule has 2 heterocycles. The molecule has 3 rings (SSSR count). The van der Waals surface area contributed by atoms with Crippen molar-refractivity contribution < 1.29 is 4.79 Å². The highest BCUT2D eigenvalue weighted by Crippen LogP contribution is 2.12. The Morgan fingerprint density at radius 1 is 1.22 bits per heavy atom. The summed E-state index contributed by atoms with van der Waals surface area (Å²) in [6.45, 7) is 0. The van der Waals surface area contributed by atoms with Crippen molar-refractivity contribution >= 4 is 22.6 Å². The van der Waals surface area contributed by atoms with Gasteiger partial charge in [0, 0.05) is 26.1 Å². The van der Waals surface area contributed by atoms with E-state index >= 15 is 0 Å². The number of hydrogen-bond acceptors (Lipinski definition) is 4. The molecular weight excluding hydrogens is 292 g/mol. The molecule has 0 saturated carbocycles. The van der Waals surface area contributed by atoms with Crippen LogP contribution in [0.5, 0.6) is 0 Å². The second-order valence-electron chi connectivity index (χ2n) is 5.19. The molecule has 116 valence electrons. The van der Waals surface area contributed by atoms with Crippen molar-refractivity contribution in [3.05, 3.63) is 64.8 Å².